The summed E-state index contributed by atoms with van der Waals surface area (Å²) in [6.07, 6.45) is 1.02. The number of hydrogen-bond acceptors (Lipinski definition) is 2. The Balaban J connectivity index is 2.05. The Morgan fingerprint density at radius 2 is 2.38 bits per heavy atom. The molecule has 3 rings (SSSR count). The minimum Gasteiger partial charge on any atom is -0.488 e. The monoisotopic (exact) mass is 237 g/mol. The highest BCUT2D eigenvalue weighted by Gasteiger charge is 2.41. The predicted molar refractivity (Wildman–Crippen MR) is 60.6 cm³/mol. The van der Waals surface area contributed by atoms with Crippen LogP contribution in [-0.2, 0) is 4.79 Å². The van der Waals surface area contributed by atoms with Crippen LogP contribution in [0, 0.1) is 0 Å². The third-order valence-electron chi connectivity index (χ3n) is 3.30. The maximum absolute atomic E-state index is 11.5. The third-order valence-corrected chi connectivity index (χ3v) is 3.53. The molecule has 0 N–H and O–H groups in total. The summed E-state index contributed by atoms with van der Waals surface area (Å²) in [5, 5.41) is 0.675. The van der Waals surface area contributed by atoms with Crippen LogP contribution < -0.4 is 4.74 Å². The molecule has 1 aromatic carbocycles. The summed E-state index contributed by atoms with van der Waals surface area (Å²) in [5.41, 5.74) is 1.08. The second-order valence-corrected chi connectivity index (χ2v) is 4.78. The van der Waals surface area contributed by atoms with E-state index in [0.29, 0.717) is 11.6 Å². The van der Waals surface area contributed by atoms with E-state index in [2.05, 4.69) is 0 Å². The van der Waals surface area contributed by atoms with E-state index >= 15 is 0 Å². The average molecular weight is 238 g/mol. The van der Waals surface area contributed by atoms with Crippen molar-refractivity contribution in [1.82, 2.24) is 4.90 Å². The van der Waals surface area contributed by atoms with E-state index in [1.54, 1.807) is 6.92 Å². The summed E-state index contributed by atoms with van der Waals surface area (Å²) in [5.74, 6) is 0.941. The molecular weight excluding hydrogens is 226 g/mol. The van der Waals surface area contributed by atoms with E-state index in [-0.39, 0.29) is 18.1 Å². The molecule has 0 aromatic heterocycles. The van der Waals surface area contributed by atoms with Gasteiger partial charge in [0.15, 0.2) is 0 Å². The summed E-state index contributed by atoms with van der Waals surface area (Å²) < 4.78 is 5.81. The van der Waals surface area contributed by atoms with Crippen LogP contribution in [0.5, 0.6) is 5.75 Å². The molecule has 2 bridgehead atoms. The van der Waals surface area contributed by atoms with Crippen molar-refractivity contribution in [3.05, 3.63) is 28.8 Å². The standard InChI is InChI=1S/C12H12ClNO2/c1-7(15)14-6-9-5-11(14)10-3-2-8(13)4-12(10)16-9/h2-4,9,11H,5-6H2,1H3. The van der Waals surface area contributed by atoms with Gasteiger partial charge in [-0.05, 0) is 12.1 Å². The summed E-state index contributed by atoms with van der Waals surface area (Å²) in [6, 6.07) is 5.81. The lowest BCUT2D eigenvalue weighted by Gasteiger charge is -2.26. The van der Waals surface area contributed by atoms with Gasteiger partial charge in [0.05, 0.1) is 12.6 Å². The van der Waals surface area contributed by atoms with Gasteiger partial charge in [0.25, 0.3) is 0 Å². The Hall–Kier alpha value is -1.22. The number of amides is 1. The van der Waals surface area contributed by atoms with E-state index in [9.17, 15) is 4.79 Å². The molecule has 1 amide bonds. The van der Waals surface area contributed by atoms with Crippen LogP contribution in [0.2, 0.25) is 5.02 Å². The van der Waals surface area contributed by atoms with E-state index in [1.807, 2.05) is 23.1 Å². The molecule has 2 atom stereocenters. The fourth-order valence-electron chi connectivity index (χ4n) is 2.59. The highest BCUT2D eigenvalue weighted by molar-refractivity contribution is 6.30. The minimum absolute atomic E-state index is 0.110. The van der Waals surface area contributed by atoms with Crippen LogP contribution >= 0.6 is 11.6 Å². The molecule has 16 heavy (non-hydrogen) atoms. The predicted octanol–water partition coefficient (Wildman–Crippen LogP) is 2.39. The van der Waals surface area contributed by atoms with Gasteiger partial charge in [-0.2, -0.15) is 0 Å². The van der Waals surface area contributed by atoms with Crippen LogP contribution in [0.1, 0.15) is 24.9 Å². The molecule has 2 heterocycles. The van der Waals surface area contributed by atoms with Gasteiger partial charge in [-0.25, -0.2) is 0 Å². The van der Waals surface area contributed by atoms with Gasteiger partial charge in [0.2, 0.25) is 5.91 Å². The smallest absolute Gasteiger partial charge is 0.220 e. The van der Waals surface area contributed by atoms with Gasteiger partial charge in [0.1, 0.15) is 11.9 Å². The number of fused-ring (bicyclic) bond motifs is 4. The Bertz CT molecular complexity index is 460. The zero-order valence-corrected chi connectivity index (χ0v) is 9.70. The van der Waals surface area contributed by atoms with Crippen molar-refractivity contribution >= 4 is 17.5 Å². The first-order valence-corrected chi connectivity index (χ1v) is 5.76. The maximum atomic E-state index is 11.5. The third kappa shape index (κ3) is 1.39. The van der Waals surface area contributed by atoms with Crippen LogP contribution in [-0.4, -0.2) is 23.5 Å². The molecule has 2 unspecified atom stereocenters. The largest absolute Gasteiger partial charge is 0.488 e. The van der Waals surface area contributed by atoms with Gasteiger partial charge < -0.3 is 9.64 Å². The fourth-order valence-corrected chi connectivity index (χ4v) is 2.75. The molecule has 3 nitrogen and oxygen atoms in total. The van der Waals surface area contributed by atoms with Crippen molar-refractivity contribution in [2.24, 2.45) is 0 Å². The Labute approximate surface area is 98.9 Å². The number of carbonyl (C=O) groups is 1. The highest BCUT2D eigenvalue weighted by atomic mass is 35.5. The number of likely N-dealkylation sites (tertiary alicyclic amines) is 1. The van der Waals surface area contributed by atoms with Crippen molar-refractivity contribution in [2.45, 2.75) is 25.5 Å². The second-order valence-electron chi connectivity index (χ2n) is 4.34. The summed E-state index contributed by atoms with van der Waals surface area (Å²) >= 11 is 5.93. The van der Waals surface area contributed by atoms with E-state index in [4.69, 9.17) is 16.3 Å². The number of nitrogens with zero attached hydrogens (tertiary/aromatic N) is 1. The molecule has 0 spiro atoms. The Kier molecular flexibility index (Phi) is 2.11. The molecule has 1 saturated heterocycles. The van der Waals surface area contributed by atoms with Crippen molar-refractivity contribution in [2.75, 3.05) is 6.54 Å². The van der Waals surface area contributed by atoms with Gasteiger partial charge >= 0.3 is 0 Å². The first-order valence-electron chi connectivity index (χ1n) is 5.38. The minimum atomic E-state index is 0.110. The van der Waals surface area contributed by atoms with Gasteiger partial charge in [-0.3, -0.25) is 4.79 Å². The van der Waals surface area contributed by atoms with Crippen LogP contribution in [0.25, 0.3) is 0 Å². The molecule has 4 heteroatoms. The van der Waals surface area contributed by atoms with Gasteiger partial charge in [-0.1, -0.05) is 17.7 Å². The molecule has 1 aromatic rings. The molecule has 2 aliphatic rings. The fraction of sp³-hybridized carbons (Fsp3) is 0.417. The van der Waals surface area contributed by atoms with E-state index in [1.165, 1.54) is 0 Å². The number of benzene rings is 1. The number of carbonyl (C=O) groups excluding carboxylic acids is 1. The maximum Gasteiger partial charge on any atom is 0.220 e. The van der Waals surface area contributed by atoms with Gasteiger partial charge in [-0.15, -0.1) is 0 Å². The molecule has 2 aliphatic heterocycles. The summed E-state index contributed by atoms with van der Waals surface area (Å²) in [6.45, 7) is 2.29. The van der Waals surface area contributed by atoms with Gasteiger partial charge in [0, 0.05) is 23.9 Å². The van der Waals surface area contributed by atoms with E-state index in [0.717, 1.165) is 17.7 Å². The average Bonchev–Trinajstić information content (AvgIpc) is 2.56. The quantitative estimate of drug-likeness (QED) is 0.694. The lowest BCUT2D eigenvalue weighted by atomic mass is 10.00. The molecule has 0 saturated carbocycles. The number of hydrogen-bond donors (Lipinski definition) is 0. The van der Waals surface area contributed by atoms with Crippen molar-refractivity contribution < 1.29 is 9.53 Å². The molecular formula is C12H12ClNO2. The summed E-state index contributed by atoms with van der Waals surface area (Å²) in [4.78, 5) is 13.4. The molecule has 1 fully saturated rings. The second kappa shape index (κ2) is 3.39. The van der Waals surface area contributed by atoms with Crippen molar-refractivity contribution in [3.8, 4) is 5.75 Å². The number of ether oxygens (including phenoxy) is 1. The van der Waals surface area contributed by atoms with Crippen molar-refractivity contribution in [1.29, 1.82) is 0 Å². The topological polar surface area (TPSA) is 29.5 Å². The Morgan fingerprint density at radius 3 is 3.12 bits per heavy atom. The molecule has 84 valence electrons. The first kappa shape index (κ1) is 9.97. The lowest BCUT2D eigenvalue weighted by molar-refractivity contribution is -0.129. The zero-order valence-electron chi connectivity index (χ0n) is 8.94. The summed E-state index contributed by atoms with van der Waals surface area (Å²) in [7, 11) is 0. The van der Waals surface area contributed by atoms with E-state index < -0.39 is 0 Å². The van der Waals surface area contributed by atoms with Crippen LogP contribution in [0.4, 0.5) is 0 Å². The van der Waals surface area contributed by atoms with Crippen LogP contribution in [0.3, 0.4) is 0 Å². The molecule has 0 aliphatic carbocycles. The SMILES string of the molecule is CC(=O)N1CC2CC1c1ccc(Cl)cc1O2. The highest BCUT2D eigenvalue weighted by Crippen LogP contribution is 2.44. The normalized spacial score (nSPS) is 26.2. The number of rotatable bonds is 0. The first-order chi connectivity index (χ1) is 7.65. The lowest BCUT2D eigenvalue weighted by Crippen LogP contribution is -2.28. The zero-order chi connectivity index (χ0) is 11.3. The Morgan fingerprint density at radius 1 is 1.56 bits per heavy atom. The molecule has 0 radical (unpaired) electrons. The van der Waals surface area contributed by atoms with Crippen molar-refractivity contribution in [3.63, 3.8) is 0 Å². The van der Waals surface area contributed by atoms with Crippen LogP contribution in [0.15, 0.2) is 18.2 Å². The number of halogens is 1.